The average Bonchev–Trinajstić information content (AvgIpc) is 3.07. The smallest absolute Gasteiger partial charge is 0.314 e. The first-order chi connectivity index (χ1) is 9.72. The van der Waals surface area contributed by atoms with E-state index in [-0.39, 0.29) is 0 Å². The first-order valence-corrected chi connectivity index (χ1v) is 7.23. The number of hydrogen-bond donors (Lipinski definition) is 2. The predicted molar refractivity (Wildman–Crippen MR) is 77.2 cm³/mol. The molecule has 0 spiro atoms. The fourth-order valence-corrected chi connectivity index (χ4v) is 3.64. The summed E-state index contributed by atoms with van der Waals surface area (Å²) >= 11 is 0. The molecule has 1 aliphatic heterocycles. The van der Waals surface area contributed by atoms with Crippen LogP contribution in [-0.4, -0.2) is 34.0 Å². The van der Waals surface area contributed by atoms with Gasteiger partial charge in [-0.2, -0.15) is 0 Å². The second kappa shape index (κ2) is 4.31. The highest BCUT2D eigenvalue weighted by molar-refractivity contribution is 5.79. The van der Waals surface area contributed by atoms with E-state index >= 15 is 0 Å². The molecule has 2 heterocycles. The Morgan fingerprint density at radius 1 is 1.00 bits per heavy atom. The lowest BCUT2D eigenvalue weighted by Crippen LogP contribution is -2.33. The Morgan fingerprint density at radius 2 is 1.75 bits per heavy atom. The van der Waals surface area contributed by atoms with Gasteiger partial charge in [-0.05, 0) is 56.0 Å². The van der Waals surface area contributed by atoms with Crippen LogP contribution in [0, 0.1) is 0 Å². The van der Waals surface area contributed by atoms with Crippen LogP contribution in [0.1, 0.15) is 24.0 Å². The molecule has 1 saturated heterocycles. The van der Waals surface area contributed by atoms with E-state index in [1.54, 1.807) is 0 Å². The SMILES string of the molecule is O=c1[nH]c2ccc3c(c2[nH]c1=O)CC(N1CCCC1)C3. The summed E-state index contributed by atoms with van der Waals surface area (Å²) in [5, 5.41) is 0. The molecule has 1 unspecified atom stereocenters. The van der Waals surface area contributed by atoms with Crippen LogP contribution < -0.4 is 11.1 Å². The minimum absolute atomic E-state index is 0.550. The topological polar surface area (TPSA) is 69.0 Å². The summed E-state index contributed by atoms with van der Waals surface area (Å²) in [6.45, 7) is 2.37. The third-order valence-electron chi connectivity index (χ3n) is 4.66. The van der Waals surface area contributed by atoms with Crippen molar-refractivity contribution in [1.82, 2.24) is 14.9 Å². The molecule has 1 atom stereocenters. The fourth-order valence-electron chi connectivity index (χ4n) is 3.64. The average molecular weight is 271 g/mol. The molecule has 1 aromatic carbocycles. The molecule has 2 aromatic rings. The van der Waals surface area contributed by atoms with Crippen molar-refractivity contribution in [3.05, 3.63) is 44.0 Å². The zero-order valence-electron chi connectivity index (χ0n) is 11.2. The third-order valence-corrected chi connectivity index (χ3v) is 4.66. The Labute approximate surface area is 115 Å². The molecule has 1 aliphatic carbocycles. The molecule has 20 heavy (non-hydrogen) atoms. The number of fused-ring (bicyclic) bond motifs is 3. The van der Waals surface area contributed by atoms with Gasteiger partial charge in [-0.15, -0.1) is 0 Å². The van der Waals surface area contributed by atoms with E-state index in [4.69, 9.17) is 0 Å². The van der Waals surface area contributed by atoms with E-state index in [2.05, 4.69) is 20.9 Å². The summed E-state index contributed by atoms with van der Waals surface area (Å²) in [7, 11) is 0. The molecule has 1 fully saturated rings. The molecule has 0 bridgehead atoms. The van der Waals surface area contributed by atoms with Crippen molar-refractivity contribution in [3.63, 3.8) is 0 Å². The number of H-pyrrole nitrogens is 2. The number of nitrogens with zero attached hydrogens (tertiary/aromatic N) is 1. The van der Waals surface area contributed by atoms with E-state index in [0.29, 0.717) is 6.04 Å². The Balaban J connectivity index is 1.81. The van der Waals surface area contributed by atoms with Gasteiger partial charge in [0.05, 0.1) is 11.0 Å². The van der Waals surface area contributed by atoms with Gasteiger partial charge in [0.15, 0.2) is 0 Å². The van der Waals surface area contributed by atoms with Gasteiger partial charge in [0, 0.05) is 6.04 Å². The van der Waals surface area contributed by atoms with Crippen LogP contribution in [0.3, 0.4) is 0 Å². The summed E-state index contributed by atoms with van der Waals surface area (Å²) in [4.78, 5) is 30.9. The van der Waals surface area contributed by atoms with Crippen LogP contribution in [0.25, 0.3) is 11.0 Å². The van der Waals surface area contributed by atoms with E-state index in [0.717, 1.165) is 23.9 Å². The van der Waals surface area contributed by atoms with E-state index in [1.807, 2.05) is 6.07 Å². The Kier molecular flexibility index (Phi) is 2.57. The maximum atomic E-state index is 11.6. The van der Waals surface area contributed by atoms with Crippen molar-refractivity contribution in [2.24, 2.45) is 0 Å². The van der Waals surface area contributed by atoms with Crippen molar-refractivity contribution < 1.29 is 0 Å². The molecule has 0 radical (unpaired) electrons. The number of likely N-dealkylation sites (tertiary alicyclic amines) is 1. The highest BCUT2D eigenvalue weighted by Crippen LogP contribution is 2.31. The Bertz CT molecular complexity index is 784. The van der Waals surface area contributed by atoms with Crippen LogP contribution >= 0.6 is 0 Å². The van der Waals surface area contributed by atoms with Gasteiger partial charge < -0.3 is 9.97 Å². The van der Waals surface area contributed by atoms with Gasteiger partial charge in [0.25, 0.3) is 0 Å². The molecule has 0 saturated carbocycles. The standard InChI is InChI=1S/C15H17N3O2/c19-14-15(20)17-13-11-8-10(18-5-1-2-6-18)7-9(11)3-4-12(13)16-14/h3-4,10H,1-2,5-8H2,(H,16,19)(H,17,20). The Morgan fingerprint density at radius 3 is 2.55 bits per heavy atom. The monoisotopic (exact) mass is 271 g/mol. The molecule has 2 N–H and O–H groups in total. The summed E-state index contributed by atoms with van der Waals surface area (Å²) in [5.74, 6) is 0. The van der Waals surface area contributed by atoms with Crippen molar-refractivity contribution in [2.75, 3.05) is 13.1 Å². The molecule has 104 valence electrons. The lowest BCUT2D eigenvalue weighted by molar-refractivity contribution is 0.250. The second-order valence-electron chi connectivity index (χ2n) is 5.84. The normalized spacial score (nSPS) is 22.5. The largest absolute Gasteiger partial charge is 0.316 e. The molecular weight excluding hydrogens is 254 g/mol. The minimum Gasteiger partial charge on any atom is -0.316 e. The van der Waals surface area contributed by atoms with Crippen LogP contribution in [0.2, 0.25) is 0 Å². The first-order valence-electron chi connectivity index (χ1n) is 7.23. The van der Waals surface area contributed by atoms with Gasteiger partial charge in [0.2, 0.25) is 0 Å². The highest BCUT2D eigenvalue weighted by Gasteiger charge is 2.29. The van der Waals surface area contributed by atoms with E-state index in [9.17, 15) is 9.59 Å². The Hall–Kier alpha value is -1.88. The highest BCUT2D eigenvalue weighted by atomic mass is 16.2. The molecular formula is C15H17N3O2. The summed E-state index contributed by atoms with van der Waals surface area (Å²) in [6.07, 6.45) is 4.59. The van der Waals surface area contributed by atoms with Crippen LogP contribution in [-0.2, 0) is 12.8 Å². The van der Waals surface area contributed by atoms with Gasteiger partial charge in [-0.25, -0.2) is 0 Å². The third kappa shape index (κ3) is 1.73. The van der Waals surface area contributed by atoms with Crippen LogP contribution in [0.5, 0.6) is 0 Å². The first kappa shape index (κ1) is 11.9. The number of hydrogen-bond acceptors (Lipinski definition) is 3. The number of benzene rings is 1. The van der Waals surface area contributed by atoms with Gasteiger partial charge in [0.1, 0.15) is 0 Å². The van der Waals surface area contributed by atoms with Crippen molar-refractivity contribution in [3.8, 4) is 0 Å². The summed E-state index contributed by atoms with van der Waals surface area (Å²) < 4.78 is 0. The lowest BCUT2D eigenvalue weighted by atomic mass is 10.1. The van der Waals surface area contributed by atoms with Crippen LogP contribution in [0.15, 0.2) is 21.7 Å². The molecule has 0 amide bonds. The molecule has 5 heteroatoms. The zero-order chi connectivity index (χ0) is 13.7. The number of aromatic nitrogens is 2. The summed E-state index contributed by atoms with van der Waals surface area (Å²) in [6, 6.07) is 4.54. The van der Waals surface area contributed by atoms with Crippen molar-refractivity contribution in [2.45, 2.75) is 31.7 Å². The van der Waals surface area contributed by atoms with Gasteiger partial charge in [-0.3, -0.25) is 14.5 Å². The van der Waals surface area contributed by atoms with Crippen LogP contribution in [0.4, 0.5) is 0 Å². The number of nitrogens with one attached hydrogen (secondary N) is 2. The molecule has 1 aromatic heterocycles. The quantitative estimate of drug-likeness (QED) is 0.753. The van der Waals surface area contributed by atoms with E-state index < -0.39 is 11.1 Å². The van der Waals surface area contributed by atoms with Crippen molar-refractivity contribution in [1.29, 1.82) is 0 Å². The lowest BCUT2D eigenvalue weighted by Gasteiger charge is -2.22. The maximum absolute atomic E-state index is 11.6. The number of aromatic amines is 2. The summed E-state index contributed by atoms with van der Waals surface area (Å²) in [5.41, 5.74) is 2.91. The maximum Gasteiger partial charge on any atom is 0.314 e. The zero-order valence-corrected chi connectivity index (χ0v) is 11.2. The van der Waals surface area contributed by atoms with Gasteiger partial charge in [-0.1, -0.05) is 6.07 Å². The predicted octanol–water partition coefficient (Wildman–Crippen LogP) is 0.779. The van der Waals surface area contributed by atoms with Gasteiger partial charge >= 0.3 is 11.1 Å². The van der Waals surface area contributed by atoms with E-state index in [1.165, 1.54) is 37.1 Å². The van der Waals surface area contributed by atoms with Crippen molar-refractivity contribution >= 4 is 11.0 Å². The number of rotatable bonds is 1. The minimum atomic E-state index is -0.577. The second-order valence-corrected chi connectivity index (χ2v) is 5.84. The molecule has 5 nitrogen and oxygen atoms in total. The molecule has 2 aliphatic rings. The molecule has 4 rings (SSSR count). The fraction of sp³-hybridized carbons (Fsp3) is 0.467.